The molecule has 0 fully saturated rings. The van der Waals surface area contributed by atoms with Gasteiger partial charge < -0.3 is 10.6 Å². The van der Waals surface area contributed by atoms with Crippen molar-refractivity contribution >= 4 is 27.8 Å². The van der Waals surface area contributed by atoms with Crippen LogP contribution < -0.4 is 10.6 Å². The molecule has 0 bridgehead atoms. The number of hydrogen-bond donors (Lipinski definition) is 1. The van der Waals surface area contributed by atoms with E-state index in [9.17, 15) is 0 Å². The van der Waals surface area contributed by atoms with Crippen molar-refractivity contribution in [2.24, 2.45) is 0 Å². The smallest absolute Gasteiger partial charge is 0.0504 e. The van der Waals surface area contributed by atoms with Crippen molar-refractivity contribution in [2.75, 3.05) is 17.7 Å². The van der Waals surface area contributed by atoms with Crippen LogP contribution in [0.4, 0.5) is 17.1 Å². The highest BCUT2D eigenvalue weighted by molar-refractivity contribution is 6.01. The third-order valence-corrected chi connectivity index (χ3v) is 3.92. The number of nitrogens with zero attached hydrogens (tertiary/aromatic N) is 2. The molecule has 0 amide bonds. The molecule has 0 aliphatic carbocycles. The Kier molecular flexibility index (Phi) is 3.48. The van der Waals surface area contributed by atoms with E-state index in [-0.39, 0.29) is 0 Å². The van der Waals surface area contributed by atoms with E-state index >= 15 is 0 Å². The average molecular weight is 277 g/mol. The Balaban J connectivity index is 2.08. The molecule has 3 nitrogen and oxygen atoms in total. The lowest BCUT2D eigenvalue weighted by molar-refractivity contribution is 1.13. The Bertz CT molecular complexity index is 763. The van der Waals surface area contributed by atoms with E-state index in [0.717, 1.165) is 34.3 Å². The van der Waals surface area contributed by atoms with Crippen molar-refractivity contribution in [1.29, 1.82) is 0 Å². The maximum Gasteiger partial charge on any atom is 0.0504 e. The predicted octanol–water partition coefficient (Wildman–Crippen LogP) is 4.15. The first-order valence-corrected chi connectivity index (χ1v) is 7.15. The van der Waals surface area contributed by atoms with E-state index < -0.39 is 0 Å². The molecule has 2 aromatic carbocycles. The third kappa shape index (κ3) is 2.42. The van der Waals surface area contributed by atoms with Gasteiger partial charge in [-0.2, -0.15) is 0 Å². The number of fused-ring (bicyclic) bond motifs is 1. The van der Waals surface area contributed by atoms with Gasteiger partial charge in [0.2, 0.25) is 0 Å². The van der Waals surface area contributed by atoms with E-state index in [2.05, 4.69) is 48.1 Å². The number of pyridine rings is 1. The second kappa shape index (κ2) is 5.44. The summed E-state index contributed by atoms with van der Waals surface area (Å²) in [5.41, 5.74) is 10.4. The minimum Gasteiger partial charge on any atom is -0.398 e. The van der Waals surface area contributed by atoms with Gasteiger partial charge in [-0.1, -0.05) is 19.1 Å². The Morgan fingerprint density at radius 1 is 1.00 bits per heavy atom. The minimum atomic E-state index is 0.783. The van der Waals surface area contributed by atoms with Gasteiger partial charge in [0.05, 0.1) is 5.69 Å². The summed E-state index contributed by atoms with van der Waals surface area (Å²) < 4.78 is 0. The van der Waals surface area contributed by atoms with Crippen LogP contribution in [0.2, 0.25) is 0 Å². The second-order valence-corrected chi connectivity index (χ2v) is 5.17. The lowest BCUT2D eigenvalue weighted by atomic mass is 10.1. The standard InChI is InChI=1S/C18H19N3/c1-3-13-4-6-14(7-5-13)21(2)18-9-8-17(19)15-10-11-20-12-16(15)18/h4-12H,3,19H2,1-2H3. The van der Waals surface area contributed by atoms with Crippen molar-refractivity contribution in [2.45, 2.75) is 13.3 Å². The largest absolute Gasteiger partial charge is 0.398 e. The van der Waals surface area contributed by atoms with Gasteiger partial charge in [0.15, 0.2) is 0 Å². The first-order valence-electron chi connectivity index (χ1n) is 7.15. The molecule has 2 N–H and O–H groups in total. The van der Waals surface area contributed by atoms with Crippen LogP contribution in [0.5, 0.6) is 0 Å². The zero-order valence-corrected chi connectivity index (χ0v) is 12.4. The van der Waals surface area contributed by atoms with Crippen molar-refractivity contribution in [1.82, 2.24) is 4.98 Å². The van der Waals surface area contributed by atoms with Crippen LogP contribution >= 0.6 is 0 Å². The van der Waals surface area contributed by atoms with Crippen LogP contribution in [-0.2, 0) is 6.42 Å². The van der Waals surface area contributed by atoms with Crippen LogP contribution in [0.25, 0.3) is 10.8 Å². The molecule has 0 saturated heterocycles. The molecule has 0 spiro atoms. The highest BCUT2D eigenvalue weighted by Gasteiger charge is 2.10. The zero-order valence-electron chi connectivity index (χ0n) is 12.4. The highest BCUT2D eigenvalue weighted by atomic mass is 15.1. The minimum absolute atomic E-state index is 0.783. The Hall–Kier alpha value is -2.55. The molecule has 3 heteroatoms. The molecule has 3 rings (SSSR count). The first kappa shape index (κ1) is 13.4. The number of hydrogen-bond acceptors (Lipinski definition) is 3. The van der Waals surface area contributed by atoms with Crippen LogP contribution in [0.1, 0.15) is 12.5 Å². The summed E-state index contributed by atoms with van der Waals surface area (Å²) in [5.74, 6) is 0. The van der Waals surface area contributed by atoms with Gasteiger partial charge >= 0.3 is 0 Å². The van der Waals surface area contributed by atoms with Gasteiger partial charge in [-0.15, -0.1) is 0 Å². The molecular formula is C18H19N3. The lowest BCUT2D eigenvalue weighted by Crippen LogP contribution is -2.10. The summed E-state index contributed by atoms with van der Waals surface area (Å²) in [4.78, 5) is 6.41. The molecule has 3 aromatic rings. The van der Waals surface area contributed by atoms with E-state index in [0.29, 0.717) is 0 Å². The number of aryl methyl sites for hydroxylation is 1. The molecule has 0 aliphatic heterocycles. The molecule has 106 valence electrons. The lowest BCUT2D eigenvalue weighted by Gasteiger charge is -2.22. The number of anilines is 3. The van der Waals surface area contributed by atoms with Crippen molar-refractivity contribution in [3.05, 3.63) is 60.4 Å². The number of aromatic nitrogens is 1. The Labute approximate surface area is 125 Å². The van der Waals surface area contributed by atoms with E-state index in [1.807, 2.05) is 24.4 Å². The molecule has 0 aliphatic rings. The van der Waals surface area contributed by atoms with Crippen molar-refractivity contribution in [3.63, 3.8) is 0 Å². The maximum atomic E-state index is 6.06. The molecule has 1 heterocycles. The molecule has 1 aromatic heterocycles. The molecule has 0 unspecified atom stereocenters. The summed E-state index contributed by atoms with van der Waals surface area (Å²) in [6, 6.07) is 14.6. The fourth-order valence-corrected chi connectivity index (χ4v) is 2.59. The summed E-state index contributed by atoms with van der Waals surface area (Å²) >= 11 is 0. The zero-order chi connectivity index (χ0) is 14.8. The first-order chi connectivity index (χ1) is 10.2. The van der Waals surface area contributed by atoms with Crippen LogP contribution in [0, 0.1) is 0 Å². The summed E-state index contributed by atoms with van der Waals surface area (Å²) in [5, 5.41) is 2.11. The number of nitrogens with two attached hydrogens (primary N) is 1. The van der Waals surface area contributed by atoms with Gasteiger partial charge in [-0.25, -0.2) is 0 Å². The van der Waals surface area contributed by atoms with E-state index in [1.54, 1.807) is 6.20 Å². The van der Waals surface area contributed by atoms with Gasteiger partial charge in [-0.05, 0) is 42.3 Å². The molecular weight excluding hydrogens is 258 g/mol. The number of benzene rings is 2. The average Bonchev–Trinajstić information content (AvgIpc) is 2.55. The van der Waals surface area contributed by atoms with Crippen LogP contribution in [-0.4, -0.2) is 12.0 Å². The summed E-state index contributed by atoms with van der Waals surface area (Å²) in [7, 11) is 2.07. The Morgan fingerprint density at radius 2 is 1.76 bits per heavy atom. The van der Waals surface area contributed by atoms with E-state index in [4.69, 9.17) is 5.73 Å². The Morgan fingerprint density at radius 3 is 2.48 bits per heavy atom. The summed E-state index contributed by atoms with van der Waals surface area (Å²) in [6.07, 6.45) is 4.70. The van der Waals surface area contributed by atoms with Gasteiger partial charge in [0.25, 0.3) is 0 Å². The normalized spacial score (nSPS) is 10.8. The predicted molar refractivity (Wildman–Crippen MR) is 90.0 cm³/mol. The van der Waals surface area contributed by atoms with Crippen molar-refractivity contribution in [3.8, 4) is 0 Å². The van der Waals surface area contributed by atoms with Crippen LogP contribution in [0.3, 0.4) is 0 Å². The van der Waals surface area contributed by atoms with Crippen LogP contribution in [0.15, 0.2) is 54.9 Å². The quantitative estimate of drug-likeness (QED) is 0.731. The number of rotatable bonds is 3. The van der Waals surface area contributed by atoms with E-state index in [1.165, 1.54) is 5.56 Å². The topological polar surface area (TPSA) is 42.1 Å². The van der Waals surface area contributed by atoms with Gasteiger partial charge in [0, 0.05) is 41.6 Å². The van der Waals surface area contributed by atoms with Gasteiger partial charge in [-0.3, -0.25) is 4.98 Å². The highest BCUT2D eigenvalue weighted by Crippen LogP contribution is 2.33. The monoisotopic (exact) mass is 277 g/mol. The molecule has 21 heavy (non-hydrogen) atoms. The second-order valence-electron chi connectivity index (χ2n) is 5.17. The molecule has 0 saturated carbocycles. The molecule has 0 radical (unpaired) electrons. The fourth-order valence-electron chi connectivity index (χ4n) is 2.59. The fraction of sp³-hybridized carbons (Fsp3) is 0.167. The third-order valence-electron chi connectivity index (χ3n) is 3.92. The van der Waals surface area contributed by atoms with Crippen molar-refractivity contribution < 1.29 is 0 Å². The number of nitrogen functional groups attached to an aromatic ring is 1. The maximum absolute atomic E-state index is 6.06. The summed E-state index contributed by atoms with van der Waals surface area (Å²) in [6.45, 7) is 2.16. The molecule has 0 atom stereocenters. The SMILES string of the molecule is CCc1ccc(N(C)c2ccc(N)c3ccncc23)cc1. The van der Waals surface area contributed by atoms with Gasteiger partial charge in [0.1, 0.15) is 0 Å².